The number of rotatable bonds is 9. The number of methoxy groups -OCH3 is 1. The summed E-state index contributed by atoms with van der Waals surface area (Å²) in [5, 5.41) is 15.9. The van der Waals surface area contributed by atoms with Crippen LogP contribution < -0.4 is 20.3 Å². The second kappa shape index (κ2) is 14.1. The molecular weight excluding hydrogens is 611 g/mol. The van der Waals surface area contributed by atoms with E-state index in [-0.39, 0.29) is 29.6 Å². The van der Waals surface area contributed by atoms with Gasteiger partial charge in [0.1, 0.15) is 29.7 Å². The topological polar surface area (TPSA) is 127 Å². The number of amides is 1. The highest BCUT2D eigenvalue weighted by Gasteiger charge is 2.36. The zero-order valence-electron chi connectivity index (χ0n) is 28.8. The molecule has 2 aromatic heterocycles. The fraction of sp³-hybridized carbons (Fsp3) is 0.571. The summed E-state index contributed by atoms with van der Waals surface area (Å²) in [4.78, 5) is 34.3. The first-order chi connectivity index (χ1) is 23.1. The van der Waals surface area contributed by atoms with E-state index in [1.165, 1.54) is 19.2 Å². The van der Waals surface area contributed by atoms with E-state index in [2.05, 4.69) is 76.0 Å². The lowest BCUT2D eigenvalue weighted by molar-refractivity contribution is 0.0592. The Morgan fingerprint density at radius 3 is 2.44 bits per heavy atom. The second-order valence-electron chi connectivity index (χ2n) is 13.6. The molecule has 1 aromatic carbocycles. The minimum atomic E-state index is -0.660. The van der Waals surface area contributed by atoms with Gasteiger partial charge in [-0.25, -0.2) is 14.4 Å². The average molecular weight is 659 g/mol. The Hall–Kier alpha value is -4.28. The Bertz CT molecular complexity index is 1670. The van der Waals surface area contributed by atoms with Crippen LogP contribution in [0.3, 0.4) is 0 Å². The summed E-state index contributed by atoms with van der Waals surface area (Å²) in [6, 6.07) is 5.98. The van der Waals surface area contributed by atoms with E-state index in [9.17, 15) is 10.1 Å². The van der Waals surface area contributed by atoms with Gasteiger partial charge in [-0.05, 0) is 65.9 Å². The van der Waals surface area contributed by atoms with E-state index in [0.717, 1.165) is 64.0 Å². The third-order valence-corrected chi connectivity index (χ3v) is 10.2. The fourth-order valence-electron chi connectivity index (χ4n) is 7.60. The molecule has 2 N–H and O–H groups in total. The predicted molar refractivity (Wildman–Crippen MR) is 183 cm³/mol. The molecule has 13 heteroatoms. The predicted octanol–water partition coefficient (Wildman–Crippen LogP) is 5.17. The highest BCUT2D eigenvalue weighted by Crippen LogP contribution is 2.42. The molecule has 0 radical (unpaired) electrons. The molecule has 1 saturated carbocycles. The summed E-state index contributed by atoms with van der Waals surface area (Å²) in [5.74, 6) is 0.118. The highest BCUT2D eigenvalue weighted by atomic mass is 19.1. The number of imidazole rings is 1. The third-order valence-electron chi connectivity index (χ3n) is 10.2. The summed E-state index contributed by atoms with van der Waals surface area (Å²) >= 11 is 0. The maximum Gasteiger partial charge on any atom is 0.254 e. The number of fused-ring (bicyclic) bond motifs is 3. The zero-order chi connectivity index (χ0) is 34.1. The van der Waals surface area contributed by atoms with Gasteiger partial charge < -0.3 is 20.3 Å². The van der Waals surface area contributed by atoms with Crippen molar-refractivity contribution < 1.29 is 13.9 Å². The molecule has 0 unspecified atom stereocenters. The quantitative estimate of drug-likeness (QED) is 0.318. The van der Waals surface area contributed by atoms with Gasteiger partial charge in [0.2, 0.25) is 5.95 Å². The van der Waals surface area contributed by atoms with Crippen LogP contribution in [0.2, 0.25) is 0 Å². The van der Waals surface area contributed by atoms with Crippen molar-refractivity contribution in [1.82, 2.24) is 34.6 Å². The SMILES string of the molecule is CC[C@@H]1c2c(C#N)ncn2-c2cnc(Nc3cc(F)c(C(=O)NC4CCC(N5CCN(C(C)C)CC5)CC4)cc3OC)nc2N1C(C)C. The molecule has 2 fully saturated rings. The van der Waals surface area contributed by atoms with Crippen LogP contribution >= 0.6 is 0 Å². The van der Waals surface area contributed by atoms with Gasteiger partial charge in [0.15, 0.2) is 11.5 Å². The summed E-state index contributed by atoms with van der Waals surface area (Å²) in [7, 11) is 1.48. The van der Waals surface area contributed by atoms with Crippen molar-refractivity contribution in [2.75, 3.05) is 43.5 Å². The maximum absolute atomic E-state index is 15.6. The van der Waals surface area contributed by atoms with Crippen molar-refractivity contribution in [3.05, 3.63) is 47.4 Å². The van der Waals surface area contributed by atoms with Gasteiger partial charge in [-0.3, -0.25) is 19.2 Å². The third kappa shape index (κ3) is 6.43. The molecule has 2 aliphatic heterocycles. The number of anilines is 3. The van der Waals surface area contributed by atoms with Gasteiger partial charge in [0.05, 0.1) is 36.3 Å². The van der Waals surface area contributed by atoms with Crippen LogP contribution in [-0.4, -0.2) is 92.7 Å². The number of benzene rings is 1. The number of halogens is 1. The summed E-state index contributed by atoms with van der Waals surface area (Å²) in [6.45, 7) is 15.1. The van der Waals surface area contributed by atoms with Crippen LogP contribution in [0, 0.1) is 17.1 Å². The van der Waals surface area contributed by atoms with Crippen molar-refractivity contribution in [2.24, 2.45) is 0 Å². The highest BCUT2D eigenvalue weighted by molar-refractivity contribution is 5.96. The Morgan fingerprint density at radius 1 is 1.08 bits per heavy atom. The lowest BCUT2D eigenvalue weighted by Gasteiger charge is -2.43. The van der Waals surface area contributed by atoms with Crippen molar-refractivity contribution in [3.8, 4) is 17.5 Å². The van der Waals surface area contributed by atoms with E-state index in [0.29, 0.717) is 40.7 Å². The normalized spacial score (nSPS) is 21.5. The van der Waals surface area contributed by atoms with Crippen molar-refractivity contribution in [3.63, 3.8) is 0 Å². The molecule has 0 spiro atoms. The zero-order valence-corrected chi connectivity index (χ0v) is 28.8. The Kier molecular flexibility index (Phi) is 9.85. The number of ether oxygens (including phenoxy) is 1. The molecular formula is C35H47FN10O2. The number of carbonyl (C=O) groups excluding carboxylic acids is 1. The number of hydrogen-bond donors (Lipinski definition) is 2. The van der Waals surface area contributed by atoms with Crippen LogP contribution in [0.1, 0.15) is 94.5 Å². The van der Waals surface area contributed by atoms with Gasteiger partial charge in [-0.15, -0.1) is 0 Å². The van der Waals surface area contributed by atoms with Gasteiger partial charge in [-0.2, -0.15) is 10.2 Å². The molecule has 256 valence electrons. The maximum atomic E-state index is 15.6. The number of carbonyl (C=O) groups is 1. The minimum Gasteiger partial charge on any atom is -0.495 e. The van der Waals surface area contributed by atoms with Crippen LogP contribution in [-0.2, 0) is 0 Å². The van der Waals surface area contributed by atoms with Gasteiger partial charge in [0, 0.05) is 56.4 Å². The minimum absolute atomic E-state index is 0.00824. The molecule has 3 aromatic rings. The molecule has 1 saturated heterocycles. The largest absolute Gasteiger partial charge is 0.495 e. The number of aromatic nitrogens is 4. The van der Waals surface area contributed by atoms with Crippen LogP contribution in [0.25, 0.3) is 5.69 Å². The molecule has 1 atom stereocenters. The van der Waals surface area contributed by atoms with Crippen molar-refractivity contribution in [1.29, 1.82) is 5.26 Å². The second-order valence-corrected chi connectivity index (χ2v) is 13.6. The number of nitriles is 1. The first-order valence-electron chi connectivity index (χ1n) is 17.2. The van der Waals surface area contributed by atoms with Crippen LogP contribution in [0.4, 0.5) is 21.8 Å². The number of nitrogens with one attached hydrogen (secondary N) is 2. The smallest absolute Gasteiger partial charge is 0.254 e. The standard InChI is InChI=1S/C35H47FN10O2/c1-7-29-32-28(18-37)39-20-45(32)30-19-38-35(42-33(30)46(29)22(4)5)41-27-17-26(36)25(16-31(27)48-6)34(47)40-23-8-10-24(11-9-23)44-14-12-43(13-15-44)21(2)3/h16-17,19-24,29H,7-15H2,1-6H3,(H,40,47)(H,38,41,42)/t23?,24?,29-/m1/s1. The number of hydrogen-bond acceptors (Lipinski definition) is 10. The van der Waals surface area contributed by atoms with E-state index in [4.69, 9.17) is 9.72 Å². The average Bonchev–Trinajstić information content (AvgIpc) is 3.52. The molecule has 0 bridgehead atoms. The Balaban J connectivity index is 1.15. The van der Waals surface area contributed by atoms with Gasteiger partial charge in [-0.1, -0.05) is 6.92 Å². The summed E-state index contributed by atoms with van der Waals surface area (Å²) < 4.78 is 23.0. The van der Waals surface area contributed by atoms with Crippen LogP contribution in [0.15, 0.2) is 24.7 Å². The Morgan fingerprint density at radius 2 is 1.81 bits per heavy atom. The molecule has 6 rings (SSSR count). The molecule has 48 heavy (non-hydrogen) atoms. The molecule has 12 nitrogen and oxygen atoms in total. The summed E-state index contributed by atoms with van der Waals surface area (Å²) in [6.07, 6.45) is 7.84. The Labute approximate surface area is 282 Å². The van der Waals surface area contributed by atoms with Gasteiger partial charge in [0.25, 0.3) is 5.91 Å². The van der Waals surface area contributed by atoms with Crippen molar-refractivity contribution in [2.45, 2.75) is 96.9 Å². The fourth-order valence-corrected chi connectivity index (χ4v) is 7.60. The first-order valence-corrected chi connectivity index (χ1v) is 17.2. The van der Waals surface area contributed by atoms with E-state index < -0.39 is 11.7 Å². The molecule has 1 aliphatic carbocycles. The lowest BCUT2D eigenvalue weighted by Crippen LogP contribution is -2.53. The molecule has 4 heterocycles. The van der Waals surface area contributed by atoms with Crippen LogP contribution in [0.5, 0.6) is 5.75 Å². The van der Waals surface area contributed by atoms with E-state index in [1.807, 2.05) is 4.57 Å². The molecule has 3 aliphatic rings. The van der Waals surface area contributed by atoms with E-state index >= 15 is 4.39 Å². The molecule has 1 amide bonds. The van der Waals surface area contributed by atoms with Crippen molar-refractivity contribution >= 4 is 23.4 Å². The number of piperazine rings is 1. The van der Waals surface area contributed by atoms with Gasteiger partial charge >= 0.3 is 0 Å². The first kappa shape index (κ1) is 33.6. The monoisotopic (exact) mass is 658 g/mol. The number of nitrogens with zero attached hydrogens (tertiary/aromatic N) is 8. The van der Waals surface area contributed by atoms with E-state index in [1.54, 1.807) is 12.5 Å². The summed E-state index contributed by atoms with van der Waals surface area (Å²) in [5.41, 5.74) is 2.15. The lowest BCUT2D eigenvalue weighted by atomic mass is 9.89.